The van der Waals surface area contributed by atoms with Crippen molar-refractivity contribution >= 4 is 38.3 Å². The van der Waals surface area contributed by atoms with Crippen LogP contribution in [0.15, 0.2) is 41.1 Å². The summed E-state index contributed by atoms with van der Waals surface area (Å²) in [5.74, 6) is -0.699. The molecule has 0 amide bonds. The number of halogens is 2. The number of nitrogens with zero attached hydrogens (tertiary/aromatic N) is 2. The van der Waals surface area contributed by atoms with Crippen LogP contribution in [0.4, 0.5) is 15.9 Å². The maximum Gasteiger partial charge on any atom is 0.160 e. The predicted molar refractivity (Wildman–Crippen MR) is 80.3 cm³/mol. The van der Waals surface area contributed by atoms with E-state index in [2.05, 4.69) is 31.2 Å². The summed E-state index contributed by atoms with van der Waals surface area (Å²) in [6, 6.07) is 7.47. The highest BCUT2D eigenvalue weighted by atomic mass is 79.9. The topological polar surface area (TPSA) is 78.3 Å². The Morgan fingerprint density at radius 2 is 1.86 bits per heavy atom. The molecule has 0 saturated heterocycles. The van der Waals surface area contributed by atoms with E-state index in [-0.39, 0.29) is 17.2 Å². The Kier molecular flexibility index (Phi) is 3.34. The van der Waals surface area contributed by atoms with Crippen LogP contribution >= 0.6 is 15.9 Å². The molecule has 2 aromatic carbocycles. The third-order valence-corrected chi connectivity index (χ3v) is 3.55. The molecule has 0 aliphatic heterocycles. The van der Waals surface area contributed by atoms with Crippen LogP contribution in [0.3, 0.4) is 0 Å². The number of hydrogen-bond acceptors (Lipinski definition) is 5. The lowest BCUT2D eigenvalue weighted by molar-refractivity contribution is 0.405. The molecular weight excluding hydrogens is 341 g/mol. The molecule has 3 aromatic rings. The molecular formula is C14H9BrFN3O2. The van der Waals surface area contributed by atoms with Gasteiger partial charge in [0.05, 0.1) is 15.7 Å². The van der Waals surface area contributed by atoms with Gasteiger partial charge in [-0.05, 0) is 34.1 Å². The second kappa shape index (κ2) is 5.17. The second-order valence-corrected chi connectivity index (χ2v) is 5.16. The van der Waals surface area contributed by atoms with Gasteiger partial charge in [-0.2, -0.15) is 0 Å². The molecule has 0 radical (unpaired) electrons. The highest BCUT2D eigenvalue weighted by Gasteiger charge is 2.11. The van der Waals surface area contributed by atoms with E-state index in [1.807, 2.05) is 0 Å². The van der Waals surface area contributed by atoms with Crippen molar-refractivity contribution in [3.8, 4) is 11.5 Å². The highest BCUT2D eigenvalue weighted by Crippen LogP contribution is 2.33. The van der Waals surface area contributed by atoms with Gasteiger partial charge in [-0.1, -0.05) is 6.07 Å². The zero-order valence-corrected chi connectivity index (χ0v) is 12.1. The molecule has 5 nitrogen and oxygen atoms in total. The zero-order chi connectivity index (χ0) is 15.0. The van der Waals surface area contributed by atoms with Crippen molar-refractivity contribution in [2.24, 2.45) is 0 Å². The molecule has 3 N–H and O–H groups in total. The van der Waals surface area contributed by atoms with Crippen molar-refractivity contribution in [3.63, 3.8) is 0 Å². The van der Waals surface area contributed by atoms with E-state index < -0.39 is 5.82 Å². The molecule has 106 valence electrons. The first-order valence-corrected chi connectivity index (χ1v) is 6.73. The number of fused-ring (bicyclic) bond motifs is 1. The number of aromatic hydroxyl groups is 2. The van der Waals surface area contributed by atoms with E-state index >= 15 is 0 Å². The summed E-state index contributed by atoms with van der Waals surface area (Å²) in [4.78, 5) is 8.05. The third-order valence-electron chi connectivity index (χ3n) is 2.94. The van der Waals surface area contributed by atoms with Gasteiger partial charge >= 0.3 is 0 Å². The maximum atomic E-state index is 14.0. The fourth-order valence-corrected chi connectivity index (χ4v) is 2.27. The van der Waals surface area contributed by atoms with E-state index in [9.17, 15) is 14.6 Å². The monoisotopic (exact) mass is 349 g/mol. The van der Waals surface area contributed by atoms with E-state index in [4.69, 9.17) is 0 Å². The standard InChI is InChI=1S/C14H9BrFN3O2/c15-8-2-1-3-9(13(8)16)19-14-7-4-11(20)12(21)5-10(7)17-6-18-14/h1-6,20-21H,(H,17,18,19). The zero-order valence-electron chi connectivity index (χ0n) is 10.5. The van der Waals surface area contributed by atoms with Crippen molar-refractivity contribution in [1.82, 2.24) is 9.97 Å². The van der Waals surface area contributed by atoms with E-state index in [0.29, 0.717) is 21.2 Å². The lowest BCUT2D eigenvalue weighted by atomic mass is 10.2. The number of hydrogen-bond donors (Lipinski definition) is 3. The normalized spacial score (nSPS) is 10.8. The first kappa shape index (κ1) is 13.6. The Bertz CT molecular complexity index is 842. The van der Waals surface area contributed by atoms with Crippen LogP contribution in [-0.2, 0) is 0 Å². The number of anilines is 2. The number of nitrogens with one attached hydrogen (secondary N) is 1. The van der Waals surface area contributed by atoms with Gasteiger partial charge in [0, 0.05) is 11.5 Å². The fraction of sp³-hybridized carbons (Fsp3) is 0. The summed E-state index contributed by atoms with van der Waals surface area (Å²) < 4.78 is 14.3. The minimum atomic E-state index is -0.452. The van der Waals surface area contributed by atoms with Gasteiger partial charge in [0.25, 0.3) is 0 Å². The SMILES string of the molecule is Oc1cc2ncnc(Nc3cccc(Br)c3F)c2cc1O. The Morgan fingerprint density at radius 1 is 1.10 bits per heavy atom. The van der Waals surface area contributed by atoms with Gasteiger partial charge in [-0.15, -0.1) is 0 Å². The highest BCUT2D eigenvalue weighted by molar-refractivity contribution is 9.10. The van der Waals surface area contributed by atoms with E-state index in [1.165, 1.54) is 18.5 Å². The van der Waals surface area contributed by atoms with Gasteiger partial charge in [-0.25, -0.2) is 14.4 Å². The van der Waals surface area contributed by atoms with Crippen LogP contribution in [0.2, 0.25) is 0 Å². The molecule has 0 aliphatic carbocycles. The largest absolute Gasteiger partial charge is 0.504 e. The summed E-state index contributed by atoms with van der Waals surface area (Å²) >= 11 is 3.11. The van der Waals surface area contributed by atoms with Crippen LogP contribution in [0.25, 0.3) is 10.9 Å². The van der Waals surface area contributed by atoms with Crippen LogP contribution in [0.5, 0.6) is 11.5 Å². The number of aromatic nitrogens is 2. The van der Waals surface area contributed by atoms with Gasteiger partial charge in [-0.3, -0.25) is 0 Å². The number of phenols is 2. The first-order chi connectivity index (χ1) is 10.1. The van der Waals surface area contributed by atoms with Crippen molar-refractivity contribution in [3.05, 3.63) is 46.9 Å². The summed E-state index contributed by atoms with van der Waals surface area (Å²) in [5, 5.41) is 22.4. The average Bonchev–Trinajstić information content (AvgIpc) is 2.46. The Balaban J connectivity index is 2.12. The minimum Gasteiger partial charge on any atom is -0.504 e. The van der Waals surface area contributed by atoms with Crippen molar-refractivity contribution < 1.29 is 14.6 Å². The van der Waals surface area contributed by atoms with Crippen LogP contribution in [0.1, 0.15) is 0 Å². The van der Waals surface area contributed by atoms with E-state index in [1.54, 1.807) is 18.2 Å². The molecule has 0 aliphatic rings. The molecule has 0 saturated carbocycles. The Hall–Kier alpha value is -2.41. The molecule has 3 rings (SSSR count). The Labute approximate surface area is 127 Å². The van der Waals surface area contributed by atoms with Crippen molar-refractivity contribution in [1.29, 1.82) is 0 Å². The van der Waals surface area contributed by atoms with Crippen LogP contribution in [-0.4, -0.2) is 20.2 Å². The lowest BCUT2D eigenvalue weighted by Crippen LogP contribution is -1.98. The second-order valence-electron chi connectivity index (χ2n) is 4.31. The summed E-state index contributed by atoms with van der Waals surface area (Å²) in [7, 11) is 0. The number of rotatable bonds is 2. The summed E-state index contributed by atoms with van der Waals surface area (Å²) in [5.41, 5.74) is 0.662. The van der Waals surface area contributed by atoms with Crippen LogP contribution in [0, 0.1) is 5.82 Å². The molecule has 0 unspecified atom stereocenters. The van der Waals surface area contributed by atoms with E-state index in [0.717, 1.165) is 0 Å². The molecule has 1 aromatic heterocycles. The lowest BCUT2D eigenvalue weighted by Gasteiger charge is -2.10. The first-order valence-electron chi connectivity index (χ1n) is 5.94. The molecule has 1 heterocycles. The minimum absolute atomic E-state index is 0.233. The quantitative estimate of drug-likeness (QED) is 0.615. The van der Waals surface area contributed by atoms with Crippen molar-refractivity contribution in [2.45, 2.75) is 0 Å². The summed E-state index contributed by atoms with van der Waals surface area (Å²) in [6.45, 7) is 0. The van der Waals surface area contributed by atoms with Gasteiger partial charge < -0.3 is 15.5 Å². The fourth-order valence-electron chi connectivity index (χ4n) is 1.91. The summed E-state index contributed by atoms with van der Waals surface area (Å²) in [6.07, 6.45) is 1.29. The van der Waals surface area contributed by atoms with Gasteiger partial charge in [0.15, 0.2) is 17.3 Å². The molecule has 0 fully saturated rings. The third kappa shape index (κ3) is 2.47. The van der Waals surface area contributed by atoms with Crippen molar-refractivity contribution in [2.75, 3.05) is 5.32 Å². The predicted octanol–water partition coefficient (Wildman–Crippen LogP) is 3.69. The maximum absolute atomic E-state index is 14.0. The molecule has 7 heteroatoms. The van der Waals surface area contributed by atoms with Crippen LogP contribution < -0.4 is 5.32 Å². The van der Waals surface area contributed by atoms with Gasteiger partial charge in [0.1, 0.15) is 12.1 Å². The molecule has 0 atom stereocenters. The number of benzene rings is 2. The molecule has 0 bridgehead atoms. The number of phenolic OH excluding ortho intramolecular Hbond substituents is 2. The molecule has 21 heavy (non-hydrogen) atoms. The Morgan fingerprint density at radius 3 is 2.67 bits per heavy atom. The van der Waals surface area contributed by atoms with Gasteiger partial charge in [0.2, 0.25) is 0 Å². The smallest absolute Gasteiger partial charge is 0.160 e. The molecule has 0 spiro atoms. The average molecular weight is 350 g/mol.